The Balaban J connectivity index is 1.95. The van der Waals surface area contributed by atoms with Gasteiger partial charge in [-0.3, -0.25) is 9.59 Å². The van der Waals surface area contributed by atoms with Crippen LogP contribution in [0, 0.1) is 0 Å². The summed E-state index contributed by atoms with van der Waals surface area (Å²) < 4.78 is 0. The first-order valence-electron chi connectivity index (χ1n) is 8.84. The van der Waals surface area contributed by atoms with Crippen LogP contribution >= 0.6 is 15.9 Å². The molecule has 0 bridgehead atoms. The van der Waals surface area contributed by atoms with Crippen molar-refractivity contribution in [3.63, 3.8) is 0 Å². The lowest BCUT2D eigenvalue weighted by molar-refractivity contribution is -0.123. The average Bonchev–Trinajstić information content (AvgIpc) is 2.69. The van der Waals surface area contributed by atoms with Crippen LogP contribution in [0.2, 0.25) is 0 Å². The van der Waals surface area contributed by atoms with Gasteiger partial charge in [0.1, 0.15) is 0 Å². The quantitative estimate of drug-likeness (QED) is 0.428. The molecule has 1 heterocycles. The number of hydrogen-bond donors (Lipinski definition) is 2. The molecule has 1 atom stereocenters. The maximum absolute atomic E-state index is 11.9. The van der Waals surface area contributed by atoms with E-state index in [1.54, 1.807) is 0 Å². The molecule has 0 unspecified atom stereocenters. The van der Waals surface area contributed by atoms with Crippen LogP contribution in [0.5, 0.6) is 0 Å². The van der Waals surface area contributed by atoms with E-state index in [9.17, 15) is 9.59 Å². The summed E-state index contributed by atoms with van der Waals surface area (Å²) in [5, 5.41) is 6.97. The molecule has 2 N–H and O–H groups in total. The van der Waals surface area contributed by atoms with Crippen molar-refractivity contribution in [3.05, 3.63) is 0 Å². The molecule has 0 aromatic heterocycles. The Morgan fingerprint density at radius 1 is 1.09 bits per heavy atom. The van der Waals surface area contributed by atoms with Gasteiger partial charge in [0.05, 0.1) is 0 Å². The average molecular weight is 375 g/mol. The molecule has 0 spiro atoms. The smallest absolute Gasteiger partial charge is 0.222 e. The number of nitrogens with one attached hydrogen (secondary N) is 2. The van der Waals surface area contributed by atoms with Gasteiger partial charge < -0.3 is 10.6 Å². The Labute approximate surface area is 143 Å². The van der Waals surface area contributed by atoms with Gasteiger partial charge in [0.2, 0.25) is 11.8 Å². The van der Waals surface area contributed by atoms with Crippen molar-refractivity contribution in [1.29, 1.82) is 0 Å². The molecular weight excluding hydrogens is 344 g/mol. The fourth-order valence-electron chi connectivity index (χ4n) is 2.84. The first-order valence-corrected chi connectivity index (χ1v) is 9.96. The zero-order chi connectivity index (χ0) is 16.0. The lowest BCUT2D eigenvalue weighted by Crippen LogP contribution is -2.36. The largest absolute Gasteiger partial charge is 0.356 e. The van der Waals surface area contributed by atoms with Crippen molar-refractivity contribution in [1.82, 2.24) is 10.6 Å². The summed E-state index contributed by atoms with van der Waals surface area (Å²) in [7, 11) is 0. The predicted octanol–water partition coefficient (Wildman–Crippen LogP) is 3.68. The molecule has 0 aromatic rings. The molecule has 1 fully saturated rings. The summed E-state index contributed by atoms with van der Waals surface area (Å²) in [5.41, 5.74) is 0. The fraction of sp³-hybridized carbons (Fsp3) is 0.882. The maximum atomic E-state index is 11.9. The summed E-state index contributed by atoms with van der Waals surface area (Å²) in [6.07, 6.45) is 12.7. The van der Waals surface area contributed by atoms with E-state index in [0.29, 0.717) is 12.8 Å². The first kappa shape index (κ1) is 19.5. The molecule has 0 aromatic carbocycles. The molecule has 22 heavy (non-hydrogen) atoms. The number of unbranched alkanes of at least 4 members (excludes halogenated alkanes) is 7. The highest BCUT2D eigenvalue weighted by molar-refractivity contribution is 9.09. The molecule has 0 saturated carbocycles. The van der Waals surface area contributed by atoms with E-state index >= 15 is 0 Å². The molecule has 1 rings (SSSR count). The Morgan fingerprint density at radius 3 is 2.41 bits per heavy atom. The minimum absolute atomic E-state index is 0.0319. The van der Waals surface area contributed by atoms with E-state index < -0.39 is 0 Å². The Morgan fingerprint density at radius 2 is 1.73 bits per heavy atom. The maximum Gasteiger partial charge on any atom is 0.222 e. The number of amides is 2. The second kappa shape index (κ2) is 12.9. The van der Waals surface area contributed by atoms with Gasteiger partial charge >= 0.3 is 0 Å². The van der Waals surface area contributed by atoms with E-state index in [4.69, 9.17) is 0 Å². The Kier molecular flexibility index (Phi) is 11.4. The van der Waals surface area contributed by atoms with Gasteiger partial charge in [-0.2, -0.15) is 0 Å². The topological polar surface area (TPSA) is 58.2 Å². The minimum atomic E-state index is 0.0319. The van der Waals surface area contributed by atoms with Crippen LogP contribution in [0.15, 0.2) is 0 Å². The van der Waals surface area contributed by atoms with E-state index in [1.807, 2.05) is 0 Å². The SMILES string of the molecule is O=C1C[C@@H](NC(=O)CCCCCCCCCCBr)CCCN1. The van der Waals surface area contributed by atoms with E-state index in [2.05, 4.69) is 26.6 Å². The third-order valence-electron chi connectivity index (χ3n) is 4.14. The van der Waals surface area contributed by atoms with Gasteiger partial charge in [-0.25, -0.2) is 0 Å². The lowest BCUT2D eigenvalue weighted by Gasteiger charge is -2.15. The third kappa shape index (κ3) is 10.2. The van der Waals surface area contributed by atoms with Crippen molar-refractivity contribution < 1.29 is 9.59 Å². The molecule has 128 valence electrons. The Bertz CT molecular complexity index is 324. The molecular formula is C17H31BrN2O2. The zero-order valence-corrected chi connectivity index (χ0v) is 15.3. The van der Waals surface area contributed by atoms with Gasteiger partial charge in [-0.1, -0.05) is 54.5 Å². The second-order valence-corrected chi connectivity index (χ2v) is 7.02. The summed E-state index contributed by atoms with van der Waals surface area (Å²) in [5.74, 6) is 0.166. The summed E-state index contributed by atoms with van der Waals surface area (Å²) in [6.45, 7) is 0.737. The lowest BCUT2D eigenvalue weighted by atomic mass is 10.1. The minimum Gasteiger partial charge on any atom is -0.356 e. The molecule has 1 saturated heterocycles. The summed E-state index contributed by atoms with van der Waals surface area (Å²) >= 11 is 3.45. The number of hydrogen-bond acceptors (Lipinski definition) is 2. The number of halogens is 1. The molecule has 1 aliphatic rings. The van der Waals surface area contributed by atoms with Crippen LogP contribution in [0.3, 0.4) is 0 Å². The van der Waals surface area contributed by atoms with Gasteiger partial charge in [-0.15, -0.1) is 0 Å². The summed E-state index contributed by atoms with van der Waals surface area (Å²) in [6, 6.07) is 0.0319. The van der Waals surface area contributed by atoms with Crippen molar-refractivity contribution in [2.24, 2.45) is 0 Å². The van der Waals surface area contributed by atoms with Crippen LogP contribution in [-0.2, 0) is 9.59 Å². The molecule has 2 amide bonds. The van der Waals surface area contributed by atoms with Crippen molar-refractivity contribution >= 4 is 27.7 Å². The van der Waals surface area contributed by atoms with Gasteiger partial charge in [0.25, 0.3) is 0 Å². The number of carbonyl (C=O) groups excluding carboxylic acids is 2. The number of alkyl halides is 1. The monoisotopic (exact) mass is 374 g/mol. The molecule has 0 aliphatic carbocycles. The van der Waals surface area contributed by atoms with Crippen LogP contribution in [0.25, 0.3) is 0 Å². The highest BCUT2D eigenvalue weighted by Crippen LogP contribution is 2.11. The van der Waals surface area contributed by atoms with Crippen LogP contribution in [0.1, 0.15) is 77.0 Å². The van der Waals surface area contributed by atoms with Crippen LogP contribution in [0.4, 0.5) is 0 Å². The highest BCUT2D eigenvalue weighted by Gasteiger charge is 2.18. The van der Waals surface area contributed by atoms with E-state index in [1.165, 1.54) is 38.5 Å². The molecule has 4 nitrogen and oxygen atoms in total. The third-order valence-corrected chi connectivity index (χ3v) is 4.70. The zero-order valence-electron chi connectivity index (χ0n) is 13.7. The van der Waals surface area contributed by atoms with Gasteiger partial charge in [0.15, 0.2) is 0 Å². The van der Waals surface area contributed by atoms with Crippen molar-refractivity contribution in [3.8, 4) is 0 Å². The van der Waals surface area contributed by atoms with Crippen LogP contribution in [-0.4, -0.2) is 29.7 Å². The fourth-order valence-corrected chi connectivity index (χ4v) is 3.23. The van der Waals surface area contributed by atoms with Crippen molar-refractivity contribution in [2.45, 2.75) is 83.1 Å². The summed E-state index contributed by atoms with van der Waals surface area (Å²) in [4.78, 5) is 23.3. The van der Waals surface area contributed by atoms with Gasteiger partial charge in [-0.05, 0) is 25.7 Å². The highest BCUT2D eigenvalue weighted by atomic mass is 79.9. The second-order valence-electron chi connectivity index (χ2n) is 6.23. The Hall–Kier alpha value is -0.580. The normalized spacial score (nSPS) is 18.6. The van der Waals surface area contributed by atoms with Crippen molar-refractivity contribution in [2.75, 3.05) is 11.9 Å². The number of carbonyl (C=O) groups is 2. The van der Waals surface area contributed by atoms with E-state index in [-0.39, 0.29) is 17.9 Å². The first-order chi connectivity index (χ1) is 10.7. The van der Waals surface area contributed by atoms with Gasteiger partial charge in [0, 0.05) is 30.8 Å². The molecule has 5 heteroatoms. The standard InChI is InChI=1S/C17H31BrN2O2/c18-12-8-6-4-2-1-3-5-7-11-16(21)20-15-10-9-13-19-17(22)14-15/h15H,1-14H2,(H,19,22)(H,20,21)/t15-/m0/s1. The van der Waals surface area contributed by atoms with Crippen LogP contribution < -0.4 is 10.6 Å². The number of rotatable bonds is 11. The van der Waals surface area contributed by atoms with E-state index in [0.717, 1.165) is 37.6 Å². The molecule has 0 radical (unpaired) electrons. The molecule has 1 aliphatic heterocycles. The predicted molar refractivity (Wildman–Crippen MR) is 94.1 cm³/mol.